The second-order valence-corrected chi connectivity index (χ2v) is 9.03. The molecule has 1 aliphatic carbocycles. The molecule has 5 rings (SSSR count). The monoisotopic (exact) mass is 576 g/mol. The lowest BCUT2D eigenvalue weighted by atomic mass is 9.97. The van der Waals surface area contributed by atoms with Gasteiger partial charge in [-0.3, -0.25) is 0 Å². The summed E-state index contributed by atoms with van der Waals surface area (Å²) in [7, 11) is 0. The van der Waals surface area contributed by atoms with Crippen LogP contribution in [-0.2, 0) is 24.7 Å². The van der Waals surface area contributed by atoms with Crippen LogP contribution >= 0.6 is 0 Å². The highest BCUT2D eigenvalue weighted by molar-refractivity contribution is 5.37. The van der Waals surface area contributed by atoms with Crippen LogP contribution in [0.4, 0.5) is 52.7 Å². The molecule has 4 aromatic carbocycles. The molecule has 0 heterocycles. The van der Waals surface area contributed by atoms with Crippen molar-refractivity contribution < 1.29 is 52.7 Å². The van der Waals surface area contributed by atoms with Crippen molar-refractivity contribution in [1.29, 1.82) is 0 Å². The first-order chi connectivity index (χ1) is 18.4. The fourth-order valence-corrected chi connectivity index (χ4v) is 4.71. The molecule has 0 fully saturated rings. The van der Waals surface area contributed by atoms with E-state index in [1.54, 1.807) is 0 Å². The lowest BCUT2D eigenvalue weighted by molar-refractivity contribution is -0.138. The van der Waals surface area contributed by atoms with Gasteiger partial charge in [-0.25, -0.2) is 0 Å². The molecule has 0 bridgehead atoms. The van der Waals surface area contributed by atoms with Gasteiger partial charge in [0.25, 0.3) is 0 Å². The van der Waals surface area contributed by atoms with Crippen LogP contribution in [0.3, 0.4) is 0 Å². The Morgan fingerprint density at radius 2 is 0.425 bits per heavy atom. The third-order valence-corrected chi connectivity index (χ3v) is 6.55. The quantitative estimate of drug-likeness (QED) is 0.161. The van der Waals surface area contributed by atoms with E-state index in [4.69, 9.17) is 0 Å². The molecule has 0 spiro atoms. The molecule has 0 nitrogen and oxygen atoms in total. The minimum atomic E-state index is -4.92. The zero-order chi connectivity index (χ0) is 29.4. The Morgan fingerprint density at radius 3 is 0.575 bits per heavy atom. The molecule has 0 atom stereocenters. The maximum Gasteiger partial charge on any atom is 0.416 e. The van der Waals surface area contributed by atoms with Gasteiger partial charge in [-0.05, 0) is 90.3 Å². The maximum absolute atomic E-state index is 13.6. The molecular formula is C28H12F12. The molecule has 0 saturated carbocycles. The summed E-state index contributed by atoms with van der Waals surface area (Å²) in [6.07, 6.45) is -19.7. The average Bonchev–Trinajstić information content (AvgIpc) is 2.84. The highest BCUT2D eigenvalue weighted by Gasteiger charge is 2.33. The first-order valence-electron chi connectivity index (χ1n) is 11.2. The molecule has 208 valence electrons. The molecular weight excluding hydrogens is 564 g/mol. The summed E-state index contributed by atoms with van der Waals surface area (Å²) >= 11 is 0. The third kappa shape index (κ3) is 4.79. The van der Waals surface area contributed by atoms with Crippen LogP contribution in [0.15, 0.2) is 72.8 Å². The second kappa shape index (κ2) is 8.77. The van der Waals surface area contributed by atoms with Crippen molar-refractivity contribution in [2.75, 3.05) is 0 Å². The van der Waals surface area contributed by atoms with E-state index in [1.807, 2.05) is 0 Å². The average molecular weight is 576 g/mol. The fourth-order valence-electron chi connectivity index (χ4n) is 4.71. The van der Waals surface area contributed by atoms with E-state index in [0.29, 0.717) is 48.5 Å². The molecule has 0 N–H and O–H groups in total. The van der Waals surface area contributed by atoms with Crippen LogP contribution in [-0.4, -0.2) is 0 Å². The third-order valence-electron chi connectivity index (χ3n) is 6.55. The number of rotatable bonds is 0. The van der Waals surface area contributed by atoms with Gasteiger partial charge in [-0.15, -0.1) is 0 Å². The van der Waals surface area contributed by atoms with E-state index in [2.05, 4.69) is 0 Å². The molecule has 0 aliphatic heterocycles. The summed E-state index contributed by atoms with van der Waals surface area (Å²) in [4.78, 5) is 0. The van der Waals surface area contributed by atoms with Crippen molar-refractivity contribution in [3.05, 3.63) is 137 Å². The molecule has 0 radical (unpaired) electrons. The lowest BCUT2D eigenvalue weighted by Gasteiger charge is -2.12. The number of benzene rings is 4. The van der Waals surface area contributed by atoms with Crippen molar-refractivity contribution in [1.82, 2.24) is 0 Å². The minimum Gasteiger partial charge on any atom is -0.166 e. The molecule has 0 amide bonds. The van der Waals surface area contributed by atoms with Crippen LogP contribution in [0.1, 0.15) is 22.3 Å². The molecule has 1 aliphatic rings. The van der Waals surface area contributed by atoms with E-state index >= 15 is 0 Å². The topological polar surface area (TPSA) is 0 Å². The highest BCUT2D eigenvalue weighted by Crippen LogP contribution is 2.34. The normalized spacial score (nSPS) is 17.1. The van der Waals surface area contributed by atoms with Gasteiger partial charge in [0.15, 0.2) is 0 Å². The van der Waals surface area contributed by atoms with E-state index < -0.39 is 47.0 Å². The van der Waals surface area contributed by atoms with Gasteiger partial charge >= 0.3 is 24.7 Å². The van der Waals surface area contributed by atoms with Gasteiger partial charge in [0, 0.05) is 0 Å². The Balaban J connectivity index is 2.27. The lowest BCUT2D eigenvalue weighted by Crippen LogP contribution is -2.08. The first kappa shape index (κ1) is 27.6. The van der Waals surface area contributed by atoms with E-state index in [9.17, 15) is 52.7 Å². The van der Waals surface area contributed by atoms with Crippen LogP contribution in [0, 0.1) is 41.7 Å². The van der Waals surface area contributed by atoms with Gasteiger partial charge in [-0.1, -0.05) is 24.3 Å². The summed E-state index contributed by atoms with van der Waals surface area (Å²) in [6.45, 7) is 0. The molecule has 0 unspecified atom stereocenters. The first-order valence-corrected chi connectivity index (χ1v) is 11.2. The van der Waals surface area contributed by atoms with Crippen LogP contribution in [0.25, 0.3) is 0 Å². The van der Waals surface area contributed by atoms with E-state index in [0.717, 1.165) is 24.3 Å². The van der Waals surface area contributed by atoms with Gasteiger partial charge in [-0.2, -0.15) is 52.7 Å². The van der Waals surface area contributed by atoms with Crippen molar-refractivity contribution in [3.63, 3.8) is 0 Å². The smallest absolute Gasteiger partial charge is 0.166 e. The summed E-state index contributed by atoms with van der Waals surface area (Å²) in [6, 6.07) is 8.16. The predicted molar refractivity (Wildman–Crippen MR) is 116 cm³/mol. The summed E-state index contributed by atoms with van der Waals surface area (Å²) in [5.74, 6) is 0. The van der Waals surface area contributed by atoms with Crippen LogP contribution < -0.4 is 0 Å². The predicted octanol–water partition coefficient (Wildman–Crippen LogP) is 9.22. The maximum atomic E-state index is 13.6. The number of fused-ring (bicyclic) bond motifs is 4. The zero-order valence-corrected chi connectivity index (χ0v) is 19.5. The number of hydrogen-bond donors (Lipinski definition) is 0. The largest absolute Gasteiger partial charge is 0.416 e. The van der Waals surface area contributed by atoms with E-state index in [-0.39, 0.29) is 41.7 Å². The van der Waals surface area contributed by atoms with Gasteiger partial charge in [0.1, 0.15) is 0 Å². The zero-order valence-electron chi connectivity index (χ0n) is 19.5. The summed E-state index contributed by atoms with van der Waals surface area (Å²) in [5.41, 5.74) is -4.89. The standard InChI is InChI=1S/C28H12F12/c29-25(30,31)13-1-5-17-21(9-13)18-6-2-15(27(35,36)37)11-23(18)20-8-4-16(28(38,39)40)12-24(20)19-7-3-14(10-22(17)19)26(32,33)34/h1-12H/b21-18-,22-17-,23-20-,24-19-. The van der Waals surface area contributed by atoms with Crippen molar-refractivity contribution in [2.45, 2.75) is 24.7 Å². The van der Waals surface area contributed by atoms with Crippen molar-refractivity contribution in [2.24, 2.45) is 0 Å². The molecule has 0 saturated heterocycles. The number of alkyl halides is 12. The Hall–Kier alpha value is -3.96. The molecule has 4 aromatic rings. The van der Waals surface area contributed by atoms with Crippen LogP contribution in [0.5, 0.6) is 0 Å². The Bertz CT molecular complexity index is 1700. The van der Waals surface area contributed by atoms with Crippen molar-refractivity contribution in [3.8, 4) is 0 Å². The second-order valence-electron chi connectivity index (χ2n) is 9.03. The minimum absolute atomic E-state index is 0.238. The SMILES string of the molecule is FC(F)(F)c1ccc2/c(c1)=c1/ccc(C(F)(F)F)c/c1=c1\ccc(C(F)(F)F)c\c1=c1/ccc(C(F)(F)F)c/c1=2. The van der Waals surface area contributed by atoms with Gasteiger partial charge in [0.2, 0.25) is 0 Å². The highest BCUT2D eigenvalue weighted by atomic mass is 19.4. The Labute approximate surface area is 214 Å². The Morgan fingerprint density at radius 1 is 0.250 bits per heavy atom. The molecule has 12 heteroatoms. The van der Waals surface area contributed by atoms with Crippen molar-refractivity contribution >= 4 is 0 Å². The van der Waals surface area contributed by atoms with Gasteiger partial charge < -0.3 is 0 Å². The van der Waals surface area contributed by atoms with Crippen LogP contribution in [0.2, 0.25) is 0 Å². The van der Waals surface area contributed by atoms with Gasteiger partial charge in [0.05, 0.1) is 22.3 Å². The summed E-state index contributed by atoms with van der Waals surface area (Å²) < 4.78 is 164. The number of hydrogen-bond acceptors (Lipinski definition) is 0. The fraction of sp³-hybridized carbons (Fsp3) is 0.143. The van der Waals surface area contributed by atoms with E-state index in [1.165, 1.54) is 0 Å². The number of halogens is 12. The summed E-state index contributed by atoms with van der Waals surface area (Å²) in [5, 5.41) is -2.32. The Kier molecular flexibility index (Phi) is 6.05. The molecule has 0 aromatic heterocycles. The molecule has 40 heavy (non-hydrogen) atoms.